The van der Waals surface area contributed by atoms with Crippen molar-refractivity contribution >= 4 is 23.4 Å². The van der Waals surface area contributed by atoms with E-state index in [2.05, 4.69) is 25.4 Å². The SMILES string of the molecule is C=CCOc1ccccc1/C=c1\sc2n(c1=O)[C@H](c1ccc(C(C)C)cc1)C(C(=O)OC)=C(C)N=2. The van der Waals surface area contributed by atoms with E-state index in [0.717, 1.165) is 11.1 Å². The molecule has 180 valence electrons. The molecule has 4 rings (SSSR count). The molecule has 0 unspecified atom stereocenters. The number of aromatic nitrogens is 1. The molecule has 1 aromatic heterocycles. The molecule has 2 heterocycles. The maximum absolute atomic E-state index is 13.7. The summed E-state index contributed by atoms with van der Waals surface area (Å²) in [6.45, 7) is 10.1. The number of allylic oxidation sites excluding steroid dienone is 1. The Morgan fingerprint density at radius 3 is 2.57 bits per heavy atom. The summed E-state index contributed by atoms with van der Waals surface area (Å²) in [6.07, 6.45) is 3.48. The first-order chi connectivity index (χ1) is 16.8. The van der Waals surface area contributed by atoms with Crippen LogP contribution in [0.2, 0.25) is 0 Å². The molecule has 0 saturated heterocycles. The van der Waals surface area contributed by atoms with E-state index in [-0.39, 0.29) is 5.56 Å². The van der Waals surface area contributed by atoms with Gasteiger partial charge in [-0.2, -0.15) is 0 Å². The molecule has 3 aromatic rings. The standard InChI is InChI=1S/C28H28N2O4S/c1-6-15-34-22-10-8-7-9-21(22)16-23-26(31)30-25(20-13-11-19(12-14-20)17(2)3)24(27(32)33-5)18(4)29-28(30)35-23/h6-14,16-17,25H,1,15H2,2-5H3/b23-16-/t25-/m1/s1. The van der Waals surface area contributed by atoms with Crippen LogP contribution in [0.4, 0.5) is 0 Å². The summed E-state index contributed by atoms with van der Waals surface area (Å²) in [6, 6.07) is 14.9. The molecule has 35 heavy (non-hydrogen) atoms. The quantitative estimate of drug-likeness (QED) is 0.371. The summed E-state index contributed by atoms with van der Waals surface area (Å²) in [5, 5.41) is 0. The smallest absolute Gasteiger partial charge is 0.338 e. The van der Waals surface area contributed by atoms with Crippen LogP contribution in [0, 0.1) is 0 Å². The monoisotopic (exact) mass is 488 g/mol. The molecule has 1 aliphatic heterocycles. The van der Waals surface area contributed by atoms with Gasteiger partial charge in [0.25, 0.3) is 5.56 Å². The lowest BCUT2D eigenvalue weighted by molar-refractivity contribution is -0.136. The Bertz CT molecular complexity index is 1480. The Kier molecular flexibility index (Phi) is 7.17. The predicted molar refractivity (Wildman–Crippen MR) is 138 cm³/mol. The van der Waals surface area contributed by atoms with E-state index in [0.29, 0.717) is 38.9 Å². The zero-order valence-corrected chi connectivity index (χ0v) is 21.1. The number of methoxy groups -OCH3 is 1. The minimum absolute atomic E-state index is 0.223. The van der Waals surface area contributed by atoms with E-state index in [4.69, 9.17) is 9.47 Å². The minimum atomic E-state index is -0.630. The average Bonchev–Trinajstić information content (AvgIpc) is 3.16. The van der Waals surface area contributed by atoms with Gasteiger partial charge >= 0.3 is 5.97 Å². The Labute approximate surface area is 208 Å². The highest BCUT2D eigenvalue weighted by Gasteiger charge is 2.33. The van der Waals surface area contributed by atoms with Crippen LogP contribution in [0.1, 0.15) is 49.4 Å². The van der Waals surface area contributed by atoms with Crippen LogP contribution in [0.25, 0.3) is 6.08 Å². The third-order valence-corrected chi connectivity index (χ3v) is 6.89. The first kappa shape index (κ1) is 24.4. The third kappa shape index (κ3) is 4.77. The Balaban J connectivity index is 1.92. The molecule has 0 spiro atoms. The van der Waals surface area contributed by atoms with Crippen LogP contribution in [0.3, 0.4) is 0 Å². The highest BCUT2D eigenvalue weighted by atomic mass is 32.1. The van der Waals surface area contributed by atoms with E-state index in [1.54, 1.807) is 23.6 Å². The van der Waals surface area contributed by atoms with Gasteiger partial charge in [-0.15, -0.1) is 0 Å². The molecular weight excluding hydrogens is 460 g/mol. The number of nitrogens with zero attached hydrogens (tertiary/aromatic N) is 2. The van der Waals surface area contributed by atoms with Crippen LogP contribution in [-0.2, 0) is 9.53 Å². The zero-order chi connectivity index (χ0) is 25.1. The molecule has 1 aliphatic rings. The second-order valence-electron chi connectivity index (χ2n) is 8.53. The second kappa shape index (κ2) is 10.3. The van der Waals surface area contributed by atoms with Gasteiger partial charge in [0, 0.05) is 5.56 Å². The Morgan fingerprint density at radius 2 is 1.91 bits per heavy atom. The summed E-state index contributed by atoms with van der Waals surface area (Å²) in [5.41, 5.74) is 3.46. The van der Waals surface area contributed by atoms with E-state index in [9.17, 15) is 9.59 Å². The van der Waals surface area contributed by atoms with Crippen molar-refractivity contribution in [2.45, 2.75) is 32.7 Å². The summed E-state index contributed by atoms with van der Waals surface area (Å²) < 4.78 is 12.9. The fraction of sp³-hybridized carbons (Fsp3) is 0.250. The third-order valence-electron chi connectivity index (χ3n) is 5.91. The van der Waals surface area contributed by atoms with Gasteiger partial charge in [0.2, 0.25) is 0 Å². The summed E-state index contributed by atoms with van der Waals surface area (Å²) in [4.78, 5) is 31.7. The maximum Gasteiger partial charge on any atom is 0.338 e. The molecule has 2 aromatic carbocycles. The van der Waals surface area contributed by atoms with Gasteiger partial charge < -0.3 is 9.47 Å². The molecule has 0 saturated carbocycles. The van der Waals surface area contributed by atoms with Crippen LogP contribution >= 0.6 is 11.3 Å². The van der Waals surface area contributed by atoms with Gasteiger partial charge in [0.05, 0.1) is 29.0 Å². The molecule has 0 amide bonds. The van der Waals surface area contributed by atoms with Gasteiger partial charge in [0.15, 0.2) is 4.80 Å². The lowest BCUT2D eigenvalue weighted by Crippen LogP contribution is -2.39. The fourth-order valence-electron chi connectivity index (χ4n) is 4.09. The van der Waals surface area contributed by atoms with Crippen molar-refractivity contribution in [3.8, 4) is 5.75 Å². The van der Waals surface area contributed by atoms with Crippen molar-refractivity contribution in [1.29, 1.82) is 0 Å². The number of rotatable bonds is 7. The number of carbonyl (C=O) groups excluding carboxylic acids is 1. The molecular formula is C28H28N2O4S. The van der Waals surface area contributed by atoms with Gasteiger partial charge in [-0.1, -0.05) is 80.3 Å². The zero-order valence-electron chi connectivity index (χ0n) is 20.3. The van der Waals surface area contributed by atoms with Crippen molar-refractivity contribution in [3.63, 3.8) is 0 Å². The van der Waals surface area contributed by atoms with Crippen LogP contribution in [0.15, 0.2) is 82.2 Å². The number of hydrogen-bond acceptors (Lipinski definition) is 6. The number of fused-ring (bicyclic) bond motifs is 1. The Hall–Kier alpha value is -3.71. The average molecular weight is 489 g/mol. The first-order valence-electron chi connectivity index (χ1n) is 11.4. The van der Waals surface area contributed by atoms with Crippen LogP contribution < -0.4 is 19.6 Å². The molecule has 0 N–H and O–H groups in total. The minimum Gasteiger partial charge on any atom is -0.489 e. The highest BCUT2D eigenvalue weighted by molar-refractivity contribution is 7.07. The molecule has 7 heteroatoms. The summed E-state index contributed by atoms with van der Waals surface area (Å²) in [7, 11) is 1.34. The lowest BCUT2D eigenvalue weighted by Gasteiger charge is -2.24. The van der Waals surface area contributed by atoms with Gasteiger partial charge in [-0.25, -0.2) is 9.79 Å². The van der Waals surface area contributed by atoms with E-state index in [1.165, 1.54) is 24.0 Å². The molecule has 0 fully saturated rings. The molecule has 1 atom stereocenters. The number of ether oxygens (including phenoxy) is 2. The number of para-hydroxylation sites is 1. The second-order valence-corrected chi connectivity index (χ2v) is 9.54. The largest absolute Gasteiger partial charge is 0.489 e. The van der Waals surface area contributed by atoms with E-state index < -0.39 is 12.0 Å². The number of carbonyl (C=O) groups is 1. The highest BCUT2D eigenvalue weighted by Crippen LogP contribution is 2.31. The maximum atomic E-state index is 13.7. The number of thiazole rings is 1. The predicted octanol–water partition coefficient (Wildman–Crippen LogP) is 4.10. The molecule has 6 nitrogen and oxygen atoms in total. The number of esters is 1. The van der Waals surface area contributed by atoms with E-state index in [1.807, 2.05) is 48.5 Å². The van der Waals surface area contributed by atoms with Crippen molar-refractivity contribution < 1.29 is 14.3 Å². The van der Waals surface area contributed by atoms with Crippen LogP contribution in [0.5, 0.6) is 5.75 Å². The van der Waals surface area contributed by atoms with Crippen molar-refractivity contribution in [3.05, 3.63) is 109 Å². The van der Waals surface area contributed by atoms with Crippen molar-refractivity contribution in [2.75, 3.05) is 13.7 Å². The number of benzene rings is 2. The number of hydrogen-bond donors (Lipinski definition) is 0. The van der Waals surface area contributed by atoms with Gasteiger partial charge in [-0.3, -0.25) is 9.36 Å². The molecule has 0 aliphatic carbocycles. The van der Waals surface area contributed by atoms with Gasteiger partial charge in [0.1, 0.15) is 12.4 Å². The van der Waals surface area contributed by atoms with Gasteiger partial charge in [-0.05, 0) is 36.1 Å². The van der Waals surface area contributed by atoms with E-state index >= 15 is 0 Å². The topological polar surface area (TPSA) is 69.9 Å². The normalized spacial score (nSPS) is 15.6. The summed E-state index contributed by atoms with van der Waals surface area (Å²) >= 11 is 1.29. The lowest BCUT2D eigenvalue weighted by atomic mass is 9.93. The summed E-state index contributed by atoms with van der Waals surface area (Å²) in [5.74, 6) is 0.527. The molecule has 0 bridgehead atoms. The van der Waals surface area contributed by atoms with Crippen molar-refractivity contribution in [2.24, 2.45) is 4.99 Å². The first-order valence-corrected chi connectivity index (χ1v) is 12.2. The van der Waals surface area contributed by atoms with Crippen molar-refractivity contribution in [1.82, 2.24) is 4.57 Å². The fourth-order valence-corrected chi connectivity index (χ4v) is 5.13. The molecule has 0 radical (unpaired) electrons. The Morgan fingerprint density at radius 1 is 1.20 bits per heavy atom. The van der Waals surface area contributed by atoms with Crippen LogP contribution in [-0.4, -0.2) is 24.3 Å².